The van der Waals surface area contributed by atoms with Crippen LogP contribution in [0.4, 0.5) is 0 Å². The molecule has 3 nitrogen and oxygen atoms in total. The van der Waals surface area contributed by atoms with Crippen molar-refractivity contribution in [2.45, 2.75) is 38.8 Å². The first kappa shape index (κ1) is 18.6. The number of benzene rings is 1. The number of aryl methyl sites for hydroxylation is 1. The quantitative estimate of drug-likeness (QED) is 0.446. The van der Waals surface area contributed by atoms with Gasteiger partial charge < -0.3 is 10.6 Å². The van der Waals surface area contributed by atoms with E-state index in [9.17, 15) is 0 Å². The van der Waals surface area contributed by atoms with Crippen LogP contribution in [0.1, 0.15) is 30.9 Å². The summed E-state index contributed by atoms with van der Waals surface area (Å²) in [6.07, 6.45) is 3.63. The van der Waals surface area contributed by atoms with Gasteiger partial charge in [0.15, 0.2) is 5.96 Å². The fourth-order valence-corrected chi connectivity index (χ4v) is 3.57. The van der Waals surface area contributed by atoms with Crippen LogP contribution in [-0.2, 0) is 13.0 Å². The van der Waals surface area contributed by atoms with Crippen LogP contribution in [0.2, 0.25) is 0 Å². The van der Waals surface area contributed by atoms with Crippen molar-refractivity contribution in [1.82, 2.24) is 10.6 Å². The van der Waals surface area contributed by atoms with Gasteiger partial charge >= 0.3 is 0 Å². The zero-order valence-electron chi connectivity index (χ0n) is 12.9. The minimum atomic E-state index is 0. The molecular formula is C16H26IN3S. The highest BCUT2D eigenvalue weighted by Gasteiger charge is 2.14. The maximum absolute atomic E-state index is 4.34. The van der Waals surface area contributed by atoms with Crippen molar-refractivity contribution < 1.29 is 0 Å². The topological polar surface area (TPSA) is 36.4 Å². The fourth-order valence-electron chi connectivity index (χ4n) is 2.50. The normalized spacial score (nSPS) is 18.8. The lowest BCUT2D eigenvalue weighted by Crippen LogP contribution is -2.45. The Bertz CT molecular complexity index is 445. The number of hydrogen-bond acceptors (Lipinski definition) is 2. The van der Waals surface area contributed by atoms with E-state index in [1.807, 2.05) is 18.8 Å². The fraction of sp³-hybridized carbons (Fsp3) is 0.562. The summed E-state index contributed by atoms with van der Waals surface area (Å²) in [5.74, 6) is 3.41. The van der Waals surface area contributed by atoms with E-state index in [4.69, 9.17) is 0 Å². The summed E-state index contributed by atoms with van der Waals surface area (Å²) in [5.41, 5.74) is 2.76. The van der Waals surface area contributed by atoms with E-state index in [1.54, 1.807) is 0 Å². The molecule has 1 heterocycles. The van der Waals surface area contributed by atoms with Crippen molar-refractivity contribution in [2.24, 2.45) is 4.99 Å². The van der Waals surface area contributed by atoms with Gasteiger partial charge in [0, 0.05) is 25.4 Å². The maximum atomic E-state index is 4.34. The van der Waals surface area contributed by atoms with Gasteiger partial charge in [0.2, 0.25) is 0 Å². The Morgan fingerprint density at radius 2 is 2.10 bits per heavy atom. The third kappa shape index (κ3) is 6.06. The van der Waals surface area contributed by atoms with Gasteiger partial charge in [0.05, 0.1) is 0 Å². The minimum Gasteiger partial charge on any atom is -0.353 e. The highest BCUT2D eigenvalue weighted by molar-refractivity contribution is 14.0. The SMILES string of the molecule is CCc1ccccc1CNC(=NC)NC1CCCSC1.I. The van der Waals surface area contributed by atoms with Gasteiger partial charge in [-0.05, 0) is 36.1 Å². The van der Waals surface area contributed by atoms with Gasteiger partial charge in [0.25, 0.3) is 0 Å². The molecule has 1 fully saturated rings. The van der Waals surface area contributed by atoms with Crippen molar-refractivity contribution in [2.75, 3.05) is 18.6 Å². The molecule has 2 N–H and O–H groups in total. The lowest BCUT2D eigenvalue weighted by atomic mass is 10.1. The summed E-state index contributed by atoms with van der Waals surface area (Å²) in [6, 6.07) is 9.15. The lowest BCUT2D eigenvalue weighted by Gasteiger charge is -2.24. The van der Waals surface area contributed by atoms with Crippen LogP contribution < -0.4 is 10.6 Å². The number of aliphatic imine (C=N–C) groups is 1. The Labute approximate surface area is 149 Å². The van der Waals surface area contributed by atoms with Crippen LogP contribution in [0.5, 0.6) is 0 Å². The third-order valence-electron chi connectivity index (χ3n) is 3.67. The average Bonchev–Trinajstić information content (AvgIpc) is 2.52. The molecule has 1 unspecified atom stereocenters. The molecule has 0 spiro atoms. The molecule has 1 atom stereocenters. The zero-order valence-corrected chi connectivity index (χ0v) is 16.0. The van der Waals surface area contributed by atoms with Crippen molar-refractivity contribution in [1.29, 1.82) is 0 Å². The Hall–Kier alpha value is -0.430. The molecule has 0 aromatic heterocycles. The van der Waals surface area contributed by atoms with E-state index in [0.717, 1.165) is 18.9 Å². The molecule has 21 heavy (non-hydrogen) atoms. The Balaban J connectivity index is 0.00000220. The number of thioether (sulfide) groups is 1. The predicted molar refractivity (Wildman–Crippen MR) is 105 cm³/mol. The summed E-state index contributed by atoms with van der Waals surface area (Å²) in [6.45, 7) is 3.04. The monoisotopic (exact) mass is 419 g/mol. The average molecular weight is 419 g/mol. The van der Waals surface area contributed by atoms with E-state index in [1.165, 1.54) is 35.5 Å². The number of nitrogens with one attached hydrogen (secondary N) is 2. The van der Waals surface area contributed by atoms with Crippen LogP contribution in [0, 0.1) is 0 Å². The molecule has 0 amide bonds. The van der Waals surface area contributed by atoms with E-state index in [-0.39, 0.29) is 24.0 Å². The molecule has 1 saturated heterocycles. The summed E-state index contributed by atoms with van der Waals surface area (Å²) in [4.78, 5) is 4.34. The molecule has 1 aromatic carbocycles. The van der Waals surface area contributed by atoms with Crippen LogP contribution in [-0.4, -0.2) is 30.6 Å². The van der Waals surface area contributed by atoms with E-state index in [2.05, 4.69) is 46.8 Å². The van der Waals surface area contributed by atoms with Gasteiger partial charge in [-0.1, -0.05) is 31.2 Å². The highest BCUT2D eigenvalue weighted by Crippen LogP contribution is 2.16. The summed E-state index contributed by atoms with van der Waals surface area (Å²) >= 11 is 2.03. The molecule has 2 rings (SSSR count). The Morgan fingerprint density at radius 1 is 1.33 bits per heavy atom. The number of nitrogens with zero attached hydrogens (tertiary/aromatic N) is 1. The van der Waals surface area contributed by atoms with Gasteiger partial charge in [-0.2, -0.15) is 11.8 Å². The van der Waals surface area contributed by atoms with E-state index >= 15 is 0 Å². The number of rotatable bonds is 4. The second-order valence-electron chi connectivity index (χ2n) is 5.11. The first-order valence-corrected chi connectivity index (χ1v) is 8.60. The smallest absolute Gasteiger partial charge is 0.191 e. The van der Waals surface area contributed by atoms with Crippen molar-refractivity contribution in [3.8, 4) is 0 Å². The molecule has 0 radical (unpaired) electrons. The highest BCUT2D eigenvalue weighted by atomic mass is 127. The van der Waals surface area contributed by atoms with Gasteiger partial charge in [-0.25, -0.2) is 0 Å². The van der Waals surface area contributed by atoms with E-state index in [0.29, 0.717) is 6.04 Å². The van der Waals surface area contributed by atoms with Crippen molar-refractivity contribution in [3.05, 3.63) is 35.4 Å². The summed E-state index contributed by atoms with van der Waals surface area (Å²) in [5, 5.41) is 6.97. The lowest BCUT2D eigenvalue weighted by molar-refractivity contribution is 0.582. The summed E-state index contributed by atoms with van der Waals surface area (Å²) in [7, 11) is 1.84. The van der Waals surface area contributed by atoms with Crippen LogP contribution in [0.25, 0.3) is 0 Å². The van der Waals surface area contributed by atoms with Gasteiger partial charge in [-0.3, -0.25) is 4.99 Å². The van der Waals surface area contributed by atoms with E-state index < -0.39 is 0 Å². The van der Waals surface area contributed by atoms with Crippen LogP contribution >= 0.6 is 35.7 Å². The standard InChI is InChI=1S/C16H25N3S.HI/c1-3-13-7-4-5-8-14(13)11-18-16(17-2)19-15-9-6-10-20-12-15;/h4-5,7-8,15H,3,6,9-12H2,1-2H3,(H2,17,18,19);1H. The first-order chi connectivity index (χ1) is 9.83. The van der Waals surface area contributed by atoms with Crippen molar-refractivity contribution in [3.63, 3.8) is 0 Å². The minimum absolute atomic E-state index is 0. The number of hydrogen-bond donors (Lipinski definition) is 2. The van der Waals surface area contributed by atoms with Crippen LogP contribution in [0.3, 0.4) is 0 Å². The van der Waals surface area contributed by atoms with Crippen molar-refractivity contribution >= 4 is 41.7 Å². The Kier molecular flexibility index (Phi) is 9.15. The zero-order chi connectivity index (χ0) is 14.2. The Morgan fingerprint density at radius 3 is 2.71 bits per heavy atom. The molecule has 118 valence electrons. The summed E-state index contributed by atoms with van der Waals surface area (Å²) < 4.78 is 0. The predicted octanol–water partition coefficient (Wildman–Crippen LogP) is 3.43. The largest absolute Gasteiger partial charge is 0.353 e. The second kappa shape index (κ2) is 10.3. The third-order valence-corrected chi connectivity index (χ3v) is 4.89. The first-order valence-electron chi connectivity index (χ1n) is 7.45. The molecule has 1 aliphatic rings. The molecule has 5 heteroatoms. The molecule has 0 bridgehead atoms. The van der Waals surface area contributed by atoms with Crippen LogP contribution in [0.15, 0.2) is 29.3 Å². The molecule has 0 saturated carbocycles. The molecule has 0 aliphatic carbocycles. The van der Waals surface area contributed by atoms with Gasteiger partial charge in [0.1, 0.15) is 0 Å². The maximum Gasteiger partial charge on any atom is 0.191 e. The molecule has 1 aromatic rings. The van der Waals surface area contributed by atoms with Gasteiger partial charge in [-0.15, -0.1) is 24.0 Å². The number of halogens is 1. The number of guanidine groups is 1. The second-order valence-corrected chi connectivity index (χ2v) is 6.26. The molecular weight excluding hydrogens is 393 g/mol. The molecule has 1 aliphatic heterocycles.